The number of hydrogen-bond acceptors (Lipinski definition) is 2. The first-order chi connectivity index (χ1) is 8.53. The number of nitrogens with zero attached hydrogens (tertiary/aromatic N) is 2. The summed E-state index contributed by atoms with van der Waals surface area (Å²) in [4.78, 5) is 11.0. The second-order valence-electron chi connectivity index (χ2n) is 4.96. The van der Waals surface area contributed by atoms with Crippen molar-refractivity contribution in [1.29, 1.82) is 0 Å². The molecule has 0 amide bonds. The Morgan fingerprint density at radius 1 is 1.56 bits per heavy atom. The number of fused-ring (bicyclic) bond motifs is 1. The molecule has 0 saturated heterocycles. The lowest BCUT2D eigenvalue weighted by Gasteiger charge is -2.14. The minimum atomic E-state index is -0.760. The number of aryl methyl sites for hydroxylation is 1. The van der Waals surface area contributed by atoms with Crippen LogP contribution < -0.4 is 0 Å². The summed E-state index contributed by atoms with van der Waals surface area (Å²) in [5.41, 5.74) is 1.74. The molecule has 1 aliphatic rings. The zero-order valence-electron chi connectivity index (χ0n) is 9.98. The fraction of sp³-hybridized carbons (Fsp3) is 0.385. The van der Waals surface area contributed by atoms with Crippen molar-refractivity contribution in [2.24, 2.45) is 7.05 Å². The van der Waals surface area contributed by atoms with Gasteiger partial charge in [-0.25, -0.2) is 0 Å². The molecule has 0 unspecified atom stereocenters. The highest BCUT2D eigenvalue weighted by Gasteiger charge is 2.47. The van der Waals surface area contributed by atoms with Crippen molar-refractivity contribution in [3.63, 3.8) is 0 Å². The Morgan fingerprint density at radius 2 is 2.28 bits per heavy atom. The maximum absolute atomic E-state index is 11.0. The van der Waals surface area contributed by atoms with Gasteiger partial charge in [0.1, 0.15) is 0 Å². The molecule has 2 aromatic rings. The molecule has 0 aliphatic heterocycles. The lowest BCUT2D eigenvalue weighted by atomic mass is 9.90. The summed E-state index contributed by atoms with van der Waals surface area (Å²) in [5.74, 6) is -0.760. The van der Waals surface area contributed by atoms with Gasteiger partial charge in [-0.05, 0) is 24.5 Å². The summed E-state index contributed by atoms with van der Waals surface area (Å²) >= 11 is 6.17. The molecule has 5 heteroatoms. The summed E-state index contributed by atoms with van der Waals surface area (Å²) in [7, 11) is 1.84. The molecular formula is C13H13ClN2O2. The topological polar surface area (TPSA) is 55.1 Å². The van der Waals surface area contributed by atoms with Gasteiger partial charge in [-0.1, -0.05) is 23.7 Å². The molecule has 0 bridgehead atoms. The summed E-state index contributed by atoms with van der Waals surface area (Å²) in [6, 6.07) is 5.87. The number of aliphatic carboxylic acids is 1. The highest BCUT2D eigenvalue weighted by Crippen LogP contribution is 2.53. The summed E-state index contributed by atoms with van der Waals surface area (Å²) in [6.45, 7) is 0. The van der Waals surface area contributed by atoms with Gasteiger partial charge in [-0.2, -0.15) is 5.10 Å². The van der Waals surface area contributed by atoms with E-state index in [4.69, 9.17) is 16.7 Å². The monoisotopic (exact) mass is 264 g/mol. The summed E-state index contributed by atoms with van der Waals surface area (Å²) in [5, 5.41) is 14.6. The molecule has 1 N–H and O–H groups in total. The van der Waals surface area contributed by atoms with Crippen LogP contribution in [0.15, 0.2) is 18.2 Å². The SMILES string of the molecule is Cn1nc(Cl)c2c(C3(CC(=O)O)CC3)cccc21. The number of aromatic nitrogens is 2. The Labute approximate surface area is 109 Å². The van der Waals surface area contributed by atoms with E-state index >= 15 is 0 Å². The molecule has 94 valence electrons. The standard InChI is InChI=1S/C13H13ClN2O2/c1-16-9-4-2-3-8(11(9)12(14)15-16)13(5-6-13)7-10(17)18/h2-4H,5-7H2,1H3,(H,17,18). The highest BCUT2D eigenvalue weighted by atomic mass is 35.5. The van der Waals surface area contributed by atoms with Crippen molar-refractivity contribution in [3.05, 3.63) is 28.9 Å². The fourth-order valence-corrected chi connectivity index (χ4v) is 3.00. The minimum Gasteiger partial charge on any atom is -0.481 e. The zero-order valence-corrected chi connectivity index (χ0v) is 10.7. The maximum atomic E-state index is 11.0. The Kier molecular flexibility index (Phi) is 2.38. The molecule has 3 rings (SSSR count). The maximum Gasteiger partial charge on any atom is 0.304 e. The smallest absolute Gasteiger partial charge is 0.304 e. The van der Waals surface area contributed by atoms with Crippen LogP contribution in [-0.2, 0) is 17.3 Å². The van der Waals surface area contributed by atoms with Crippen LogP contribution in [0.4, 0.5) is 0 Å². The number of halogens is 1. The molecule has 0 atom stereocenters. The first kappa shape index (κ1) is 11.5. The molecule has 1 fully saturated rings. The molecule has 1 heterocycles. The second kappa shape index (κ2) is 3.72. The number of carbonyl (C=O) groups is 1. The van der Waals surface area contributed by atoms with Crippen molar-refractivity contribution in [1.82, 2.24) is 9.78 Å². The van der Waals surface area contributed by atoms with Crippen LogP contribution in [0.25, 0.3) is 10.9 Å². The lowest BCUT2D eigenvalue weighted by molar-refractivity contribution is -0.137. The van der Waals surface area contributed by atoms with Crippen molar-refractivity contribution < 1.29 is 9.90 Å². The number of carboxylic acids is 1. The van der Waals surface area contributed by atoms with E-state index in [-0.39, 0.29) is 11.8 Å². The zero-order chi connectivity index (χ0) is 12.9. The summed E-state index contributed by atoms with van der Waals surface area (Å²) in [6.07, 6.45) is 1.98. The Bertz CT molecular complexity index is 644. The number of hydrogen-bond donors (Lipinski definition) is 1. The van der Waals surface area contributed by atoms with Crippen LogP contribution in [0.5, 0.6) is 0 Å². The third-order valence-corrected chi connectivity index (χ3v) is 4.01. The van der Waals surface area contributed by atoms with Gasteiger partial charge in [0.2, 0.25) is 0 Å². The van der Waals surface area contributed by atoms with E-state index in [1.165, 1.54) is 0 Å². The Balaban J connectivity index is 2.21. The van der Waals surface area contributed by atoms with E-state index in [1.54, 1.807) is 4.68 Å². The van der Waals surface area contributed by atoms with Crippen LogP contribution in [0.1, 0.15) is 24.8 Å². The van der Waals surface area contributed by atoms with Crippen molar-refractivity contribution in [3.8, 4) is 0 Å². The average molecular weight is 265 g/mol. The fourth-order valence-electron chi connectivity index (χ4n) is 2.69. The van der Waals surface area contributed by atoms with Crippen LogP contribution in [0.3, 0.4) is 0 Å². The number of benzene rings is 1. The van der Waals surface area contributed by atoms with Crippen LogP contribution in [0, 0.1) is 0 Å². The normalized spacial score (nSPS) is 17.0. The van der Waals surface area contributed by atoms with E-state index in [9.17, 15) is 4.79 Å². The van der Waals surface area contributed by atoms with Gasteiger partial charge in [-0.15, -0.1) is 0 Å². The number of rotatable bonds is 3. The highest BCUT2D eigenvalue weighted by molar-refractivity contribution is 6.34. The van der Waals surface area contributed by atoms with Gasteiger partial charge >= 0.3 is 5.97 Å². The van der Waals surface area contributed by atoms with Gasteiger partial charge in [-0.3, -0.25) is 9.48 Å². The first-order valence-electron chi connectivity index (χ1n) is 5.87. The predicted octanol–water partition coefficient (Wildman–Crippen LogP) is 2.73. The Hall–Kier alpha value is -1.55. The third-order valence-electron chi connectivity index (χ3n) is 3.75. The lowest BCUT2D eigenvalue weighted by Crippen LogP contribution is -2.13. The molecule has 1 aliphatic carbocycles. The molecule has 1 aromatic carbocycles. The molecule has 0 radical (unpaired) electrons. The van der Waals surface area contributed by atoms with Crippen molar-refractivity contribution in [2.45, 2.75) is 24.7 Å². The minimum absolute atomic E-state index is 0.164. The molecule has 18 heavy (non-hydrogen) atoms. The quantitative estimate of drug-likeness (QED) is 0.927. The van der Waals surface area contributed by atoms with Gasteiger partial charge in [0.15, 0.2) is 5.15 Å². The van der Waals surface area contributed by atoms with Gasteiger partial charge in [0, 0.05) is 17.8 Å². The van der Waals surface area contributed by atoms with E-state index in [1.807, 2.05) is 25.2 Å². The molecule has 4 nitrogen and oxygen atoms in total. The Morgan fingerprint density at radius 3 is 2.89 bits per heavy atom. The van der Waals surface area contributed by atoms with E-state index < -0.39 is 5.97 Å². The average Bonchev–Trinajstić information content (AvgIpc) is 3.01. The number of carboxylic acid groups (broad SMARTS) is 1. The molecule has 1 saturated carbocycles. The van der Waals surface area contributed by atoms with Gasteiger partial charge in [0.25, 0.3) is 0 Å². The summed E-state index contributed by atoms with van der Waals surface area (Å²) < 4.78 is 1.73. The predicted molar refractivity (Wildman–Crippen MR) is 68.9 cm³/mol. The van der Waals surface area contributed by atoms with E-state index in [2.05, 4.69) is 5.10 Å². The molecule has 0 spiro atoms. The van der Waals surface area contributed by atoms with E-state index in [0.717, 1.165) is 29.3 Å². The van der Waals surface area contributed by atoms with Crippen LogP contribution in [-0.4, -0.2) is 20.9 Å². The van der Waals surface area contributed by atoms with Crippen LogP contribution in [0.2, 0.25) is 5.15 Å². The largest absolute Gasteiger partial charge is 0.481 e. The van der Waals surface area contributed by atoms with E-state index in [0.29, 0.717) is 5.15 Å². The van der Waals surface area contributed by atoms with Gasteiger partial charge < -0.3 is 5.11 Å². The van der Waals surface area contributed by atoms with Crippen LogP contribution >= 0.6 is 11.6 Å². The second-order valence-corrected chi connectivity index (χ2v) is 5.32. The molecular weight excluding hydrogens is 252 g/mol. The first-order valence-corrected chi connectivity index (χ1v) is 6.25. The molecule has 1 aromatic heterocycles. The van der Waals surface area contributed by atoms with Crippen molar-refractivity contribution >= 4 is 28.5 Å². The third kappa shape index (κ3) is 1.60. The van der Waals surface area contributed by atoms with Gasteiger partial charge in [0.05, 0.1) is 11.9 Å². The van der Waals surface area contributed by atoms with Crippen molar-refractivity contribution in [2.75, 3.05) is 0 Å².